The Balaban J connectivity index is 1.55. The van der Waals surface area contributed by atoms with E-state index in [0.717, 1.165) is 18.9 Å². The average Bonchev–Trinajstić information content (AvgIpc) is 2.86. The Morgan fingerprint density at radius 3 is 2.03 bits per heavy atom. The van der Waals surface area contributed by atoms with Crippen LogP contribution in [0.4, 0.5) is 48.3 Å². The molecule has 3 nitrogen and oxygen atoms in total. The SMILES string of the molecule is Fc1c(OCCCCC(F)(F)C(F)(F)C(F)(F)C(F)(F)F)ccc(-c2ccc(OC3CCCCO3)cc2)c1F. The Hall–Kier alpha value is -2.77. The summed E-state index contributed by atoms with van der Waals surface area (Å²) in [6, 6.07) is 8.24. The van der Waals surface area contributed by atoms with Crippen LogP contribution in [0.25, 0.3) is 11.1 Å². The normalized spacial score (nSPS) is 17.3. The number of hydrogen-bond acceptors (Lipinski definition) is 3. The smallest absolute Gasteiger partial charge is 0.460 e. The summed E-state index contributed by atoms with van der Waals surface area (Å²) in [6.07, 6.45) is -8.26. The van der Waals surface area contributed by atoms with E-state index >= 15 is 0 Å². The molecule has 0 amide bonds. The number of halogens is 11. The van der Waals surface area contributed by atoms with Crippen LogP contribution in [0.1, 0.15) is 38.5 Å². The highest BCUT2D eigenvalue weighted by molar-refractivity contribution is 5.66. The number of unbranched alkanes of at least 4 members (excludes halogenated alkanes) is 1. The quantitative estimate of drug-likeness (QED) is 0.197. The van der Waals surface area contributed by atoms with E-state index in [4.69, 9.17) is 14.2 Å². The molecule has 0 saturated carbocycles. The molecular formula is C25H23F11O3. The second-order valence-corrected chi connectivity index (χ2v) is 8.83. The molecule has 0 bridgehead atoms. The number of benzene rings is 2. The maximum Gasteiger partial charge on any atom is 0.460 e. The monoisotopic (exact) mass is 580 g/mol. The highest BCUT2D eigenvalue weighted by Crippen LogP contribution is 2.54. The Bertz CT molecular complexity index is 1100. The van der Waals surface area contributed by atoms with Crippen LogP contribution < -0.4 is 9.47 Å². The van der Waals surface area contributed by atoms with Crippen molar-refractivity contribution in [3.05, 3.63) is 48.0 Å². The second-order valence-electron chi connectivity index (χ2n) is 8.83. The number of hydrogen-bond donors (Lipinski definition) is 0. The van der Waals surface area contributed by atoms with Crippen LogP contribution in [0, 0.1) is 11.6 Å². The summed E-state index contributed by atoms with van der Waals surface area (Å²) >= 11 is 0. The first-order valence-electron chi connectivity index (χ1n) is 11.8. The third-order valence-corrected chi connectivity index (χ3v) is 5.97. The van der Waals surface area contributed by atoms with Crippen LogP contribution >= 0.6 is 0 Å². The van der Waals surface area contributed by atoms with Crippen LogP contribution in [0.2, 0.25) is 0 Å². The van der Waals surface area contributed by atoms with Crippen LogP contribution in [0.5, 0.6) is 11.5 Å². The Morgan fingerprint density at radius 2 is 1.44 bits per heavy atom. The number of ether oxygens (including phenoxy) is 3. The van der Waals surface area contributed by atoms with Crippen molar-refractivity contribution in [2.45, 2.75) is 68.8 Å². The van der Waals surface area contributed by atoms with Gasteiger partial charge in [0.25, 0.3) is 0 Å². The van der Waals surface area contributed by atoms with E-state index < -0.39 is 73.5 Å². The molecule has 0 N–H and O–H groups in total. The third-order valence-electron chi connectivity index (χ3n) is 5.97. The molecule has 2 aromatic carbocycles. The fourth-order valence-corrected chi connectivity index (χ4v) is 3.73. The fraction of sp³-hybridized carbons (Fsp3) is 0.520. The lowest BCUT2D eigenvalue weighted by Gasteiger charge is -2.33. The number of rotatable bonds is 11. The molecular weight excluding hydrogens is 557 g/mol. The van der Waals surface area contributed by atoms with Gasteiger partial charge in [0.2, 0.25) is 5.82 Å². The van der Waals surface area contributed by atoms with E-state index in [1.807, 2.05) is 0 Å². The molecule has 1 aliphatic rings. The molecule has 2 aromatic rings. The van der Waals surface area contributed by atoms with Gasteiger partial charge in [-0.1, -0.05) is 12.1 Å². The van der Waals surface area contributed by atoms with E-state index in [0.29, 0.717) is 18.8 Å². The lowest BCUT2D eigenvalue weighted by molar-refractivity contribution is -0.396. The zero-order valence-electron chi connectivity index (χ0n) is 20.1. The molecule has 1 heterocycles. The lowest BCUT2D eigenvalue weighted by atomic mass is 9.99. The molecule has 218 valence electrons. The largest absolute Gasteiger partial charge is 0.490 e. The van der Waals surface area contributed by atoms with Crippen molar-refractivity contribution >= 4 is 0 Å². The van der Waals surface area contributed by atoms with Crippen LogP contribution in [0.3, 0.4) is 0 Å². The van der Waals surface area contributed by atoms with Crippen molar-refractivity contribution in [1.29, 1.82) is 0 Å². The molecule has 0 spiro atoms. The predicted octanol–water partition coefficient (Wildman–Crippen LogP) is 8.55. The van der Waals surface area contributed by atoms with Gasteiger partial charge >= 0.3 is 23.9 Å². The Kier molecular flexibility index (Phi) is 9.28. The first-order chi connectivity index (χ1) is 18.1. The van der Waals surface area contributed by atoms with Gasteiger partial charge in [-0.15, -0.1) is 0 Å². The van der Waals surface area contributed by atoms with Crippen LogP contribution in [0.15, 0.2) is 36.4 Å². The average molecular weight is 580 g/mol. The van der Waals surface area contributed by atoms with E-state index in [9.17, 15) is 48.3 Å². The maximum atomic E-state index is 14.6. The summed E-state index contributed by atoms with van der Waals surface area (Å²) in [4.78, 5) is 0. The van der Waals surface area contributed by atoms with Gasteiger partial charge in [-0.3, -0.25) is 0 Å². The second kappa shape index (κ2) is 11.8. The van der Waals surface area contributed by atoms with Crippen molar-refractivity contribution in [2.24, 2.45) is 0 Å². The van der Waals surface area contributed by atoms with E-state index in [-0.39, 0.29) is 11.1 Å². The zero-order valence-corrected chi connectivity index (χ0v) is 20.1. The Labute approximate surface area is 215 Å². The molecule has 1 fully saturated rings. The van der Waals surface area contributed by atoms with Crippen molar-refractivity contribution in [2.75, 3.05) is 13.2 Å². The molecule has 0 aliphatic carbocycles. The molecule has 1 unspecified atom stereocenters. The molecule has 0 radical (unpaired) electrons. The molecule has 1 saturated heterocycles. The molecule has 1 aliphatic heterocycles. The zero-order chi connectivity index (χ0) is 29.1. The lowest BCUT2D eigenvalue weighted by Crippen LogP contribution is -2.60. The van der Waals surface area contributed by atoms with Crippen molar-refractivity contribution < 1.29 is 62.5 Å². The van der Waals surface area contributed by atoms with E-state index in [1.165, 1.54) is 18.2 Å². The first kappa shape index (κ1) is 30.8. The summed E-state index contributed by atoms with van der Waals surface area (Å²) in [6.45, 7) is -0.0623. The minimum atomic E-state index is -6.96. The van der Waals surface area contributed by atoms with Gasteiger partial charge in [-0.25, -0.2) is 4.39 Å². The van der Waals surface area contributed by atoms with Crippen molar-refractivity contribution in [3.63, 3.8) is 0 Å². The van der Waals surface area contributed by atoms with Crippen molar-refractivity contribution in [1.82, 2.24) is 0 Å². The standard InChI is InChI=1S/C25H23F11O3/c26-20-17(15-6-8-16(9-7-15)39-19-5-1-3-14-38-19)10-11-18(21(20)27)37-13-4-2-12-22(28,29)23(30,31)24(32,33)25(34,35)36/h6-11,19H,1-5,12-14H2. The molecule has 3 rings (SSSR count). The highest BCUT2D eigenvalue weighted by atomic mass is 19.4. The topological polar surface area (TPSA) is 27.7 Å². The number of alkyl halides is 9. The van der Waals surface area contributed by atoms with Crippen LogP contribution in [-0.4, -0.2) is 43.4 Å². The van der Waals surface area contributed by atoms with Gasteiger partial charge < -0.3 is 14.2 Å². The van der Waals surface area contributed by atoms with E-state index in [2.05, 4.69) is 0 Å². The van der Waals surface area contributed by atoms with Gasteiger partial charge in [0.1, 0.15) is 5.75 Å². The first-order valence-corrected chi connectivity index (χ1v) is 11.8. The fourth-order valence-electron chi connectivity index (χ4n) is 3.73. The molecule has 39 heavy (non-hydrogen) atoms. The summed E-state index contributed by atoms with van der Waals surface area (Å²) in [5, 5.41) is 0. The summed E-state index contributed by atoms with van der Waals surface area (Å²) in [5.41, 5.74) is 0.140. The third kappa shape index (κ3) is 6.69. The minimum absolute atomic E-state index is 0.146. The van der Waals surface area contributed by atoms with Crippen molar-refractivity contribution in [3.8, 4) is 22.6 Å². The van der Waals surface area contributed by atoms with Gasteiger partial charge in [0.15, 0.2) is 17.9 Å². The summed E-state index contributed by atoms with van der Waals surface area (Å²) in [5.74, 6) is -22.3. The Morgan fingerprint density at radius 1 is 0.769 bits per heavy atom. The minimum Gasteiger partial charge on any atom is -0.490 e. The molecule has 1 atom stereocenters. The molecule has 0 aromatic heterocycles. The van der Waals surface area contributed by atoms with Gasteiger partial charge in [-0.2, -0.15) is 43.9 Å². The van der Waals surface area contributed by atoms with Gasteiger partial charge in [0.05, 0.1) is 13.2 Å². The van der Waals surface area contributed by atoms with Gasteiger partial charge in [0, 0.05) is 18.4 Å². The summed E-state index contributed by atoms with van der Waals surface area (Å²) in [7, 11) is 0. The highest BCUT2D eigenvalue weighted by Gasteiger charge is 2.81. The summed E-state index contributed by atoms with van der Waals surface area (Å²) < 4.78 is 161. The van der Waals surface area contributed by atoms with Gasteiger partial charge in [-0.05, 0) is 55.5 Å². The molecule has 14 heteroatoms. The maximum absolute atomic E-state index is 14.6. The predicted molar refractivity (Wildman–Crippen MR) is 116 cm³/mol. The van der Waals surface area contributed by atoms with Crippen LogP contribution in [-0.2, 0) is 4.74 Å². The van der Waals surface area contributed by atoms with E-state index in [1.54, 1.807) is 12.1 Å².